The van der Waals surface area contributed by atoms with Gasteiger partial charge in [0.15, 0.2) is 5.69 Å². The van der Waals surface area contributed by atoms with Crippen molar-refractivity contribution in [1.29, 1.82) is 0 Å². The molecule has 2 heterocycles. The molecule has 0 saturated heterocycles. The predicted octanol–water partition coefficient (Wildman–Crippen LogP) is 3.71. The number of nitrogens with zero attached hydrogens (tertiary/aromatic N) is 3. The van der Waals surface area contributed by atoms with Crippen LogP contribution in [0.4, 0.5) is 0 Å². The van der Waals surface area contributed by atoms with E-state index in [9.17, 15) is 9.59 Å². The minimum absolute atomic E-state index is 0.207. The van der Waals surface area contributed by atoms with Crippen molar-refractivity contribution in [3.8, 4) is 16.9 Å². The summed E-state index contributed by atoms with van der Waals surface area (Å²) in [5, 5.41) is 15.2. The zero-order valence-electron chi connectivity index (χ0n) is 17.0. The lowest BCUT2D eigenvalue weighted by molar-refractivity contribution is 0.0946. The lowest BCUT2D eigenvalue weighted by atomic mass is 10.1. The summed E-state index contributed by atoms with van der Waals surface area (Å²) in [6, 6.07) is 25.8. The van der Waals surface area contributed by atoms with E-state index in [1.807, 2.05) is 48.5 Å². The fourth-order valence-electron chi connectivity index (χ4n) is 3.59. The van der Waals surface area contributed by atoms with Crippen LogP contribution in [0.5, 0.6) is 0 Å². The number of benzene rings is 3. The highest BCUT2D eigenvalue weighted by Gasteiger charge is 2.17. The Balaban J connectivity index is 1.44. The molecule has 2 aromatic heterocycles. The number of hydrogen-bond acceptors (Lipinski definition) is 4. The van der Waals surface area contributed by atoms with E-state index < -0.39 is 0 Å². The molecule has 5 rings (SSSR count). The van der Waals surface area contributed by atoms with Gasteiger partial charge >= 0.3 is 0 Å². The molecule has 0 aliphatic rings. The summed E-state index contributed by atoms with van der Waals surface area (Å²) < 4.78 is 1.27. The number of carbonyl (C=O) groups is 1. The Labute approximate surface area is 183 Å². The van der Waals surface area contributed by atoms with Crippen LogP contribution in [0.25, 0.3) is 27.7 Å². The van der Waals surface area contributed by atoms with Gasteiger partial charge in [-0.15, -0.1) is 0 Å². The van der Waals surface area contributed by atoms with Crippen LogP contribution in [-0.4, -0.2) is 25.9 Å². The van der Waals surface area contributed by atoms with Crippen molar-refractivity contribution in [3.63, 3.8) is 0 Å². The first kappa shape index (κ1) is 19.4. The van der Waals surface area contributed by atoms with Crippen molar-refractivity contribution < 1.29 is 4.79 Å². The van der Waals surface area contributed by atoms with E-state index in [-0.39, 0.29) is 17.2 Å². The Hall–Kier alpha value is -4.52. The number of para-hydroxylation sites is 1. The molecule has 156 valence electrons. The molecule has 0 unspecified atom stereocenters. The smallest absolute Gasteiger partial charge is 0.279 e. The number of aromatic amines is 1. The molecule has 0 radical (unpaired) electrons. The second kappa shape index (κ2) is 8.31. The summed E-state index contributed by atoms with van der Waals surface area (Å²) in [5.41, 5.74) is 3.43. The van der Waals surface area contributed by atoms with Crippen LogP contribution in [0.1, 0.15) is 16.1 Å². The first-order chi connectivity index (χ1) is 15.7. The monoisotopic (exact) mass is 421 g/mol. The highest BCUT2D eigenvalue weighted by Crippen LogP contribution is 2.18. The number of carbonyl (C=O) groups excluding carboxylic acids is 1. The lowest BCUT2D eigenvalue weighted by Crippen LogP contribution is -2.29. The zero-order valence-corrected chi connectivity index (χ0v) is 17.0. The van der Waals surface area contributed by atoms with Gasteiger partial charge < -0.3 is 5.32 Å². The summed E-state index contributed by atoms with van der Waals surface area (Å²) in [6.45, 7) is 0.336. The van der Waals surface area contributed by atoms with Gasteiger partial charge in [-0.25, -0.2) is 0 Å². The molecular weight excluding hydrogens is 402 g/mol. The molecule has 3 aromatic carbocycles. The van der Waals surface area contributed by atoms with Crippen LogP contribution in [0, 0.1) is 0 Å². The summed E-state index contributed by atoms with van der Waals surface area (Å²) in [4.78, 5) is 26.1. The maximum Gasteiger partial charge on any atom is 0.279 e. The second-order valence-corrected chi connectivity index (χ2v) is 7.30. The first-order valence-electron chi connectivity index (χ1n) is 10.1. The number of hydrogen-bond donors (Lipinski definition) is 2. The van der Waals surface area contributed by atoms with Crippen molar-refractivity contribution in [2.24, 2.45) is 0 Å². The molecule has 0 aliphatic carbocycles. The summed E-state index contributed by atoms with van der Waals surface area (Å²) in [7, 11) is 0. The third kappa shape index (κ3) is 3.67. The molecule has 0 fully saturated rings. The molecule has 32 heavy (non-hydrogen) atoms. The summed E-state index contributed by atoms with van der Waals surface area (Å²) in [5.74, 6) is -0.344. The van der Waals surface area contributed by atoms with E-state index >= 15 is 0 Å². The highest BCUT2D eigenvalue weighted by molar-refractivity contribution is 6.04. The van der Waals surface area contributed by atoms with E-state index in [0.29, 0.717) is 23.0 Å². The molecule has 7 heteroatoms. The molecule has 0 aliphatic heterocycles. The number of nitrogens with one attached hydrogen (secondary N) is 2. The SMILES string of the molecule is O=C(NCc1ccc(-c2ccn[nH]2)cc1)c1nn(-c2ccccc2)c(=O)c2ccccc12. The van der Waals surface area contributed by atoms with E-state index in [1.165, 1.54) is 4.68 Å². The highest BCUT2D eigenvalue weighted by atomic mass is 16.2. The third-order valence-electron chi connectivity index (χ3n) is 5.24. The van der Waals surface area contributed by atoms with Gasteiger partial charge in [0.1, 0.15) is 0 Å². The normalized spacial score (nSPS) is 10.9. The van der Waals surface area contributed by atoms with E-state index in [2.05, 4.69) is 20.6 Å². The maximum absolute atomic E-state index is 13.1. The topological polar surface area (TPSA) is 92.7 Å². The maximum atomic E-state index is 13.1. The molecule has 1 amide bonds. The Morgan fingerprint density at radius 2 is 1.59 bits per heavy atom. The van der Waals surface area contributed by atoms with Crippen LogP contribution >= 0.6 is 0 Å². The molecule has 7 nitrogen and oxygen atoms in total. The fourth-order valence-corrected chi connectivity index (χ4v) is 3.59. The van der Waals surface area contributed by atoms with Gasteiger partial charge in [-0.05, 0) is 35.4 Å². The Morgan fingerprint density at radius 1 is 0.875 bits per heavy atom. The van der Waals surface area contributed by atoms with Crippen molar-refractivity contribution >= 4 is 16.7 Å². The molecule has 5 aromatic rings. The molecule has 0 spiro atoms. The van der Waals surface area contributed by atoms with Crippen molar-refractivity contribution in [2.45, 2.75) is 6.54 Å². The number of aromatic nitrogens is 4. The summed E-state index contributed by atoms with van der Waals surface area (Å²) >= 11 is 0. The second-order valence-electron chi connectivity index (χ2n) is 7.30. The van der Waals surface area contributed by atoms with Gasteiger partial charge in [0.05, 0.1) is 16.8 Å². The van der Waals surface area contributed by atoms with Gasteiger partial charge in [0.25, 0.3) is 11.5 Å². The minimum atomic E-state index is -0.344. The van der Waals surface area contributed by atoms with Crippen LogP contribution in [0.2, 0.25) is 0 Å². The standard InChI is InChI=1S/C25H19N5O2/c31-24(26-16-17-10-12-18(13-11-17)22-14-15-27-28-22)23-20-8-4-5-9-21(20)25(32)30(29-23)19-6-2-1-3-7-19/h1-15H,16H2,(H,26,31)(H,27,28). The molecule has 0 saturated carbocycles. The van der Waals surface area contributed by atoms with Crippen LogP contribution in [-0.2, 0) is 6.54 Å². The predicted molar refractivity (Wildman–Crippen MR) is 123 cm³/mol. The lowest BCUT2D eigenvalue weighted by Gasteiger charge is -2.11. The Bertz CT molecular complexity index is 1440. The average molecular weight is 421 g/mol. The Kier molecular flexibility index (Phi) is 5.05. The van der Waals surface area contributed by atoms with Gasteiger partial charge in [0, 0.05) is 18.1 Å². The number of rotatable bonds is 5. The number of fused-ring (bicyclic) bond motifs is 1. The average Bonchev–Trinajstić information content (AvgIpc) is 3.39. The van der Waals surface area contributed by atoms with Crippen LogP contribution < -0.4 is 10.9 Å². The molecule has 0 atom stereocenters. The molecular formula is C25H19N5O2. The van der Waals surface area contributed by atoms with Crippen molar-refractivity contribution in [1.82, 2.24) is 25.3 Å². The van der Waals surface area contributed by atoms with Crippen molar-refractivity contribution in [2.75, 3.05) is 0 Å². The molecule has 2 N–H and O–H groups in total. The van der Waals surface area contributed by atoms with E-state index in [1.54, 1.807) is 42.6 Å². The molecule has 0 bridgehead atoms. The zero-order chi connectivity index (χ0) is 21.9. The van der Waals surface area contributed by atoms with Crippen LogP contribution in [0.15, 0.2) is 95.9 Å². The first-order valence-corrected chi connectivity index (χ1v) is 10.1. The van der Waals surface area contributed by atoms with Gasteiger partial charge in [-0.3, -0.25) is 14.7 Å². The van der Waals surface area contributed by atoms with E-state index in [4.69, 9.17) is 0 Å². The largest absolute Gasteiger partial charge is 0.347 e. The quantitative estimate of drug-likeness (QED) is 0.453. The fraction of sp³-hybridized carbons (Fsp3) is 0.0400. The van der Waals surface area contributed by atoms with E-state index in [0.717, 1.165) is 16.8 Å². The third-order valence-corrected chi connectivity index (χ3v) is 5.24. The van der Waals surface area contributed by atoms with Gasteiger partial charge in [-0.2, -0.15) is 14.9 Å². The Morgan fingerprint density at radius 3 is 2.31 bits per heavy atom. The van der Waals surface area contributed by atoms with Gasteiger partial charge in [0.2, 0.25) is 0 Å². The summed E-state index contributed by atoms with van der Waals surface area (Å²) in [6.07, 6.45) is 1.70. The minimum Gasteiger partial charge on any atom is -0.347 e. The number of amides is 1. The van der Waals surface area contributed by atoms with Crippen molar-refractivity contribution in [3.05, 3.63) is 113 Å². The van der Waals surface area contributed by atoms with Gasteiger partial charge in [-0.1, -0.05) is 60.7 Å². The number of H-pyrrole nitrogens is 1. The van der Waals surface area contributed by atoms with Crippen LogP contribution in [0.3, 0.4) is 0 Å².